The number of rotatable bonds is 6. The Kier molecular flexibility index (Phi) is 6.09. The van der Waals surface area contributed by atoms with Gasteiger partial charge in [-0.25, -0.2) is 4.98 Å². The van der Waals surface area contributed by atoms with Gasteiger partial charge >= 0.3 is 0 Å². The van der Waals surface area contributed by atoms with E-state index in [9.17, 15) is 9.59 Å². The van der Waals surface area contributed by atoms with Crippen LogP contribution >= 0.6 is 11.8 Å². The number of H-pyrrole nitrogens is 1. The van der Waals surface area contributed by atoms with Crippen molar-refractivity contribution in [3.05, 3.63) is 40.4 Å². The van der Waals surface area contributed by atoms with Crippen molar-refractivity contribution in [3.63, 3.8) is 0 Å². The molecule has 1 aromatic carbocycles. The van der Waals surface area contributed by atoms with Gasteiger partial charge in [-0.1, -0.05) is 12.1 Å². The first-order chi connectivity index (χ1) is 12.2. The summed E-state index contributed by atoms with van der Waals surface area (Å²) in [6.45, 7) is 1.67. The van der Waals surface area contributed by atoms with Gasteiger partial charge in [-0.15, -0.1) is 0 Å². The highest BCUT2D eigenvalue weighted by atomic mass is 32.2. The lowest BCUT2D eigenvalue weighted by molar-refractivity contribution is -0.132. The van der Waals surface area contributed by atoms with E-state index in [4.69, 9.17) is 0 Å². The highest BCUT2D eigenvalue weighted by Gasteiger charge is 2.21. The number of benzene rings is 1. The second kappa shape index (κ2) is 8.49. The summed E-state index contributed by atoms with van der Waals surface area (Å²) in [5.41, 5.74) is 0.605. The van der Waals surface area contributed by atoms with E-state index < -0.39 is 0 Å². The average Bonchev–Trinajstić information content (AvgIpc) is 2.65. The number of likely N-dealkylation sites (tertiary alicyclic amines) is 1. The van der Waals surface area contributed by atoms with Gasteiger partial charge in [-0.05, 0) is 32.0 Å². The summed E-state index contributed by atoms with van der Waals surface area (Å²) >= 11 is 1.63. The molecule has 1 fully saturated rings. The molecule has 1 unspecified atom stereocenters. The lowest BCUT2D eigenvalue weighted by atomic mass is 10.1. The summed E-state index contributed by atoms with van der Waals surface area (Å²) in [5.74, 6) is 2.21. The van der Waals surface area contributed by atoms with Crippen molar-refractivity contribution in [1.29, 1.82) is 0 Å². The predicted octanol–water partition coefficient (Wildman–Crippen LogP) is 1.76. The maximum atomic E-state index is 12.3. The minimum absolute atomic E-state index is 0.108. The molecule has 1 saturated heterocycles. The topological polar surface area (TPSA) is 78.1 Å². The Balaban J connectivity index is 1.48. The number of nitrogens with zero attached hydrogens (tertiary/aromatic N) is 2. The van der Waals surface area contributed by atoms with Crippen molar-refractivity contribution in [2.75, 3.05) is 25.9 Å². The number of nitrogens with one attached hydrogen (secondary N) is 2. The van der Waals surface area contributed by atoms with Crippen molar-refractivity contribution in [2.24, 2.45) is 0 Å². The lowest BCUT2D eigenvalue weighted by Gasteiger charge is -2.32. The largest absolute Gasteiger partial charge is 0.341 e. The number of fused-ring (bicyclic) bond motifs is 1. The van der Waals surface area contributed by atoms with E-state index in [0.29, 0.717) is 34.9 Å². The monoisotopic (exact) mass is 360 g/mol. The van der Waals surface area contributed by atoms with Crippen molar-refractivity contribution >= 4 is 28.6 Å². The van der Waals surface area contributed by atoms with Gasteiger partial charge in [0.05, 0.1) is 16.7 Å². The first kappa shape index (κ1) is 17.9. The van der Waals surface area contributed by atoms with Crippen molar-refractivity contribution in [1.82, 2.24) is 20.2 Å². The number of piperidine rings is 1. The Bertz CT molecular complexity index is 792. The van der Waals surface area contributed by atoms with Gasteiger partial charge in [-0.2, -0.15) is 11.8 Å². The summed E-state index contributed by atoms with van der Waals surface area (Å²) in [6, 6.07) is 7.74. The first-order valence-electron chi connectivity index (χ1n) is 8.68. The van der Waals surface area contributed by atoms with Crippen molar-refractivity contribution in [2.45, 2.75) is 31.1 Å². The maximum Gasteiger partial charge on any atom is 0.258 e. The zero-order valence-corrected chi connectivity index (χ0v) is 15.3. The highest BCUT2D eigenvalue weighted by Crippen LogP contribution is 2.15. The van der Waals surface area contributed by atoms with Crippen LogP contribution < -0.4 is 10.9 Å². The van der Waals surface area contributed by atoms with Crippen molar-refractivity contribution < 1.29 is 4.79 Å². The number of para-hydroxylation sites is 1. The van der Waals surface area contributed by atoms with Crippen LogP contribution in [0.2, 0.25) is 0 Å². The molecular formula is C18H24N4O2S. The standard InChI is InChI=1S/C18H24N4O2S/c1-19-13-5-4-9-22(11-13)17(23)8-10-25-12-16-20-15-7-3-2-6-14(15)18(24)21-16/h2-3,6-7,13,19H,4-5,8-12H2,1H3,(H,20,21,24). The van der Waals surface area contributed by atoms with Crippen LogP contribution in [-0.2, 0) is 10.5 Å². The van der Waals surface area contributed by atoms with Gasteiger partial charge in [0, 0.05) is 31.3 Å². The van der Waals surface area contributed by atoms with Gasteiger partial charge in [0.15, 0.2) is 0 Å². The zero-order valence-electron chi connectivity index (χ0n) is 14.5. The fourth-order valence-corrected chi connectivity index (χ4v) is 3.92. The second-order valence-corrected chi connectivity index (χ2v) is 7.41. The number of aromatic nitrogens is 2. The number of carbonyl (C=O) groups excluding carboxylic acids is 1. The number of aromatic amines is 1. The number of thioether (sulfide) groups is 1. The fourth-order valence-electron chi connectivity index (χ4n) is 3.13. The molecule has 2 N–H and O–H groups in total. The number of carbonyl (C=O) groups is 1. The van der Waals surface area contributed by atoms with Crippen molar-refractivity contribution in [3.8, 4) is 0 Å². The zero-order chi connectivity index (χ0) is 17.6. The molecule has 2 heterocycles. The smallest absolute Gasteiger partial charge is 0.258 e. The summed E-state index contributed by atoms with van der Waals surface area (Å²) < 4.78 is 0. The molecule has 6 nitrogen and oxygen atoms in total. The van der Waals surface area contributed by atoms with E-state index in [0.717, 1.165) is 31.7 Å². The van der Waals surface area contributed by atoms with Gasteiger partial charge < -0.3 is 15.2 Å². The minimum Gasteiger partial charge on any atom is -0.341 e. The molecule has 2 aromatic rings. The van der Waals surface area contributed by atoms with Crippen LogP contribution in [0.1, 0.15) is 25.1 Å². The number of hydrogen-bond donors (Lipinski definition) is 2. The van der Waals surface area contributed by atoms with E-state index in [-0.39, 0.29) is 11.5 Å². The van der Waals surface area contributed by atoms with Crippen LogP contribution in [-0.4, -0.2) is 52.7 Å². The quantitative estimate of drug-likeness (QED) is 0.768. The van der Waals surface area contributed by atoms with Crippen LogP contribution in [0.3, 0.4) is 0 Å². The minimum atomic E-state index is -0.108. The van der Waals surface area contributed by atoms with E-state index >= 15 is 0 Å². The highest BCUT2D eigenvalue weighted by molar-refractivity contribution is 7.98. The van der Waals surface area contributed by atoms with Gasteiger partial charge in [-0.3, -0.25) is 9.59 Å². The Hall–Kier alpha value is -1.86. The molecular weight excluding hydrogens is 336 g/mol. The molecule has 0 spiro atoms. The molecule has 3 rings (SSSR count). The molecule has 0 bridgehead atoms. The molecule has 0 aliphatic carbocycles. The Morgan fingerprint density at radius 1 is 1.44 bits per heavy atom. The number of amides is 1. The predicted molar refractivity (Wildman–Crippen MR) is 102 cm³/mol. The van der Waals surface area contributed by atoms with Crippen LogP contribution in [0, 0.1) is 0 Å². The van der Waals surface area contributed by atoms with Gasteiger partial charge in [0.1, 0.15) is 5.82 Å². The molecule has 1 aliphatic heterocycles. The van der Waals surface area contributed by atoms with Crippen LogP contribution in [0.4, 0.5) is 0 Å². The third kappa shape index (κ3) is 4.61. The maximum absolute atomic E-state index is 12.3. The molecule has 7 heteroatoms. The van der Waals surface area contributed by atoms with Crippen LogP contribution in [0.25, 0.3) is 10.9 Å². The van der Waals surface area contributed by atoms with Gasteiger partial charge in [0.2, 0.25) is 5.91 Å². The molecule has 1 aliphatic rings. The summed E-state index contributed by atoms with van der Waals surface area (Å²) in [6.07, 6.45) is 2.72. The fraction of sp³-hybridized carbons (Fsp3) is 0.500. The number of hydrogen-bond acceptors (Lipinski definition) is 5. The second-order valence-electron chi connectivity index (χ2n) is 6.30. The summed E-state index contributed by atoms with van der Waals surface area (Å²) in [4.78, 5) is 33.6. The molecule has 0 radical (unpaired) electrons. The molecule has 25 heavy (non-hydrogen) atoms. The number of likely N-dealkylation sites (N-methyl/N-ethyl adjacent to an activating group) is 1. The van der Waals surface area contributed by atoms with Crippen LogP contribution in [0.15, 0.2) is 29.1 Å². The van der Waals surface area contributed by atoms with Gasteiger partial charge in [0.25, 0.3) is 5.56 Å². The van der Waals surface area contributed by atoms with E-state index in [2.05, 4.69) is 15.3 Å². The average molecular weight is 360 g/mol. The Labute approximate surface area is 151 Å². The Morgan fingerprint density at radius 2 is 2.28 bits per heavy atom. The lowest BCUT2D eigenvalue weighted by Crippen LogP contribution is -2.47. The normalized spacial score (nSPS) is 17.8. The molecule has 134 valence electrons. The van der Waals surface area contributed by atoms with E-state index in [1.54, 1.807) is 17.8 Å². The molecule has 1 amide bonds. The third-order valence-corrected chi connectivity index (χ3v) is 5.51. The first-order valence-corrected chi connectivity index (χ1v) is 9.83. The molecule has 1 aromatic heterocycles. The summed E-state index contributed by atoms with van der Waals surface area (Å²) in [5, 5.41) is 3.86. The van der Waals surface area contributed by atoms with E-state index in [1.165, 1.54) is 0 Å². The van der Waals surface area contributed by atoms with Crippen LogP contribution in [0.5, 0.6) is 0 Å². The SMILES string of the molecule is CNC1CCCN(C(=O)CCSCc2nc3ccccc3c(=O)[nH]2)C1. The molecule has 1 atom stereocenters. The summed E-state index contributed by atoms with van der Waals surface area (Å²) in [7, 11) is 1.95. The Morgan fingerprint density at radius 3 is 3.12 bits per heavy atom. The molecule has 0 saturated carbocycles. The third-order valence-electron chi connectivity index (χ3n) is 4.54. The van der Waals surface area contributed by atoms with E-state index in [1.807, 2.05) is 30.1 Å².